The Morgan fingerprint density at radius 3 is 2.71 bits per heavy atom. The van der Waals surface area contributed by atoms with Gasteiger partial charge in [0.2, 0.25) is 0 Å². The summed E-state index contributed by atoms with van der Waals surface area (Å²) in [6.45, 7) is 2.11. The van der Waals surface area contributed by atoms with Crippen molar-refractivity contribution in [1.82, 2.24) is 0 Å². The topological polar surface area (TPSA) is 72.5 Å². The minimum Gasteiger partial charge on any atom is -0.508 e. The van der Waals surface area contributed by atoms with Crippen molar-refractivity contribution in [2.24, 2.45) is 5.73 Å². The maximum absolute atomic E-state index is 11.2. The van der Waals surface area contributed by atoms with E-state index in [2.05, 4.69) is 0 Å². The molecule has 0 spiro atoms. The van der Waals surface area contributed by atoms with Gasteiger partial charge in [0.15, 0.2) is 0 Å². The molecule has 0 amide bonds. The highest BCUT2D eigenvalue weighted by Crippen LogP contribution is 2.16. The summed E-state index contributed by atoms with van der Waals surface area (Å²) in [6.07, 6.45) is 0. The highest BCUT2D eigenvalue weighted by Gasteiger charge is 2.13. The molecule has 1 atom stereocenters. The molecule has 0 aliphatic carbocycles. The van der Waals surface area contributed by atoms with Crippen molar-refractivity contribution in [1.29, 1.82) is 0 Å². The molecule has 4 nitrogen and oxygen atoms in total. The number of carbonyl (C=O) groups excluding carboxylic acids is 1. The second-order valence-corrected chi connectivity index (χ2v) is 4.57. The summed E-state index contributed by atoms with van der Waals surface area (Å²) >= 11 is 1.57. The largest absolute Gasteiger partial charge is 0.508 e. The number of hydrogen-bond donors (Lipinski definition) is 2. The molecule has 1 unspecified atom stereocenters. The predicted octanol–water partition coefficient (Wildman–Crippen LogP) is 1.52. The number of phenolic OH excluding ortho intramolecular Hbond substituents is 1. The Balaban J connectivity index is 2.27. The van der Waals surface area contributed by atoms with Crippen molar-refractivity contribution in [2.45, 2.75) is 18.7 Å². The van der Waals surface area contributed by atoms with Crippen LogP contribution < -0.4 is 5.73 Å². The standard InChI is InChI=1S/C12H17NO3S/c1-2-16-12(15)11(13)8-17-7-9-3-5-10(14)6-4-9/h3-6,11,14H,2,7-8,13H2,1H3. The minimum absolute atomic E-state index is 0.252. The van der Waals surface area contributed by atoms with Crippen LogP contribution in [0.15, 0.2) is 24.3 Å². The molecule has 17 heavy (non-hydrogen) atoms. The number of rotatable bonds is 6. The van der Waals surface area contributed by atoms with Crippen LogP contribution in [-0.4, -0.2) is 29.5 Å². The molecule has 1 aromatic rings. The molecular weight excluding hydrogens is 238 g/mol. The van der Waals surface area contributed by atoms with Gasteiger partial charge in [0.05, 0.1) is 6.61 Å². The van der Waals surface area contributed by atoms with E-state index in [-0.39, 0.29) is 11.7 Å². The Morgan fingerprint density at radius 1 is 1.47 bits per heavy atom. The number of nitrogens with two attached hydrogens (primary N) is 1. The van der Waals surface area contributed by atoms with Gasteiger partial charge in [-0.05, 0) is 24.6 Å². The molecule has 3 N–H and O–H groups in total. The highest BCUT2D eigenvalue weighted by atomic mass is 32.2. The maximum atomic E-state index is 11.2. The molecular formula is C12H17NO3S. The van der Waals surface area contributed by atoms with Gasteiger partial charge in [-0.2, -0.15) is 11.8 Å². The summed E-state index contributed by atoms with van der Waals surface area (Å²) in [5, 5.41) is 9.11. The summed E-state index contributed by atoms with van der Waals surface area (Å²) in [7, 11) is 0. The number of esters is 1. The predicted molar refractivity (Wildman–Crippen MR) is 68.9 cm³/mol. The Morgan fingerprint density at radius 2 is 2.12 bits per heavy atom. The summed E-state index contributed by atoms with van der Waals surface area (Å²) in [6, 6.07) is 6.40. The summed E-state index contributed by atoms with van der Waals surface area (Å²) in [5.41, 5.74) is 6.74. The lowest BCUT2D eigenvalue weighted by molar-refractivity contribution is -0.144. The van der Waals surface area contributed by atoms with Gasteiger partial charge >= 0.3 is 5.97 Å². The van der Waals surface area contributed by atoms with Gasteiger partial charge in [-0.25, -0.2) is 0 Å². The first-order valence-electron chi connectivity index (χ1n) is 5.41. The van der Waals surface area contributed by atoms with E-state index in [1.54, 1.807) is 30.8 Å². The van der Waals surface area contributed by atoms with Crippen molar-refractivity contribution in [2.75, 3.05) is 12.4 Å². The number of aromatic hydroxyl groups is 1. The number of thioether (sulfide) groups is 1. The lowest BCUT2D eigenvalue weighted by Gasteiger charge is -2.09. The Labute approximate surface area is 105 Å². The average Bonchev–Trinajstić information content (AvgIpc) is 2.32. The first-order valence-corrected chi connectivity index (χ1v) is 6.56. The van der Waals surface area contributed by atoms with Crippen LogP contribution in [0.25, 0.3) is 0 Å². The molecule has 0 bridgehead atoms. The van der Waals surface area contributed by atoms with Crippen LogP contribution in [0.3, 0.4) is 0 Å². The van der Waals surface area contributed by atoms with Crippen molar-refractivity contribution in [3.8, 4) is 5.75 Å². The van der Waals surface area contributed by atoms with E-state index in [0.717, 1.165) is 11.3 Å². The molecule has 94 valence electrons. The lowest BCUT2D eigenvalue weighted by Crippen LogP contribution is -2.34. The van der Waals surface area contributed by atoms with Crippen LogP contribution >= 0.6 is 11.8 Å². The smallest absolute Gasteiger partial charge is 0.323 e. The van der Waals surface area contributed by atoms with Gasteiger partial charge in [0.25, 0.3) is 0 Å². The third-order valence-electron chi connectivity index (χ3n) is 2.09. The fraction of sp³-hybridized carbons (Fsp3) is 0.417. The Kier molecular flexibility index (Phi) is 5.86. The minimum atomic E-state index is -0.572. The van der Waals surface area contributed by atoms with E-state index in [1.165, 1.54) is 0 Å². The van der Waals surface area contributed by atoms with Gasteiger partial charge in [-0.15, -0.1) is 0 Å². The zero-order valence-electron chi connectivity index (χ0n) is 9.76. The number of carbonyl (C=O) groups is 1. The quantitative estimate of drug-likeness (QED) is 0.754. The van der Waals surface area contributed by atoms with Gasteiger partial charge in [0, 0.05) is 11.5 Å². The van der Waals surface area contributed by atoms with Gasteiger partial charge in [0.1, 0.15) is 11.8 Å². The third-order valence-corrected chi connectivity index (χ3v) is 3.22. The SMILES string of the molecule is CCOC(=O)C(N)CSCc1ccc(O)cc1. The van der Waals surface area contributed by atoms with E-state index >= 15 is 0 Å². The van der Waals surface area contributed by atoms with Crippen molar-refractivity contribution >= 4 is 17.7 Å². The van der Waals surface area contributed by atoms with Gasteiger partial charge < -0.3 is 15.6 Å². The van der Waals surface area contributed by atoms with E-state index in [1.807, 2.05) is 12.1 Å². The second kappa shape index (κ2) is 7.19. The molecule has 1 aromatic carbocycles. The van der Waals surface area contributed by atoms with Gasteiger partial charge in [-0.1, -0.05) is 12.1 Å². The summed E-state index contributed by atoms with van der Waals surface area (Å²) < 4.78 is 4.81. The van der Waals surface area contributed by atoms with E-state index in [0.29, 0.717) is 12.4 Å². The van der Waals surface area contributed by atoms with Crippen LogP contribution in [0.1, 0.15) is 12.5 Å². The first-order chi connectivity index (χ1) is 8.13. The fourth-order valence-corrected chi connectivity index (χ4v) is 2.15. The van der Waals surface area contributed by atoms with Gasteiger partial charge in [-0.3, -0.25) is 4.79 Å². The normalized spacial score (nSPS) is 12.1. The molecule has 5 heteroatoms. The van der Waals surface area contributed by atoms with Crippen molar-refractivity contribution < 1.29 is 14.6 Å². The van der Waals surface area contributed by atoms with Crippen LogP contribution in [0.4, 0.5) is 0 Å². The first kappa shape index (κ1) is 13.9. The molecule has 1 rings (SSSR count). The van der Waals surface area contributed by atoms with Crippen LogP contribution in [0, 0.1) is 0 Å². The number of ether oxygens (including phenoxy) is 1. The Hall–Kier alpha value is -1.20. The molecule has 0 aliphatic heterocycles. The van der Waals surface area contributed by atoms with Crippen molar-refractivity contribution in [3.63, 3.8) is 0 Å². The van der Waals surface area contributed by atoms with E-state index in [4.69, 9.17) is 15.6 Å². The molecule has 0 saturated carbocycles. The molecule has 0 aliphatic rings. The lowest BCUT2D eigenvalue weighted by atomic mass is 10.2. The monoisotopic (exact) mass is 255 g/mol. The molecule has 0 aromatic heterocycles. The van der Waals surface area contributed by atoms with E-state index < -0.39 is 6.04 Å². The number of benzene rings is 1. The maximum Gasteiger partial charge on any atom is 0.323 e. The molecule has 0 radical (unpaired) electrons. The second-order valence-electron chi connectivity index (χ2n) is 3.54. The highest BCUT2D eigenvalue weighted by molar-refractivity contribution is 7.98. The van der Waals surface area contributed by atoms with E-state index in [9.17, 15) is 4.79 Å². The molecule has 0 heterocycles. The fourth-order valence-electron chi connectivity index (χ4n) is 1.21. The molecule has 0 saturated heterocycles. The zero-order valence-corrected chi connectivity index (χ0v) is 10.6. The number of phenols is 1. The van der Waals surface area contributed by atoms with Crippen LogP contribution in [0.2, 0.25) is 0 Å². The Bertz CT molecular complexity index is 353. The van der Waals surface area contributed by atoms with Crippen molar-refractivity contribution in [3.05, 3.63) is 29.8 Å². The van der Waals surface area contributed by atoms with Crippen LogP contribution in [0.5, 0.6) is 5.75 Å². The zero-order chi connectivity index (χ0) is 12.7. The third kappa shape index (κ3) is 5.10. The molecule has 0 fully saturated rings. The summed E-state index contributed by atoms with van der Waals surface area (Å²) in [4.78, 5) is 11.2. The summed E-state index contributed by atoms with van der Waals surface area (Å²) in [5.74, 6) is 1.18. The average molecular weight is 255 g/mol. The van der Waals surface area contributed by atoms with Crippen LogP contribution in [-0.2, 0) is 15.3 Å². The number of hydrogen-bond acceptors (Lipinski definition) is 5.